The van der Waals surface area contributed by atoms with Crippen molar-refractivity contribution in [1.82, 2.24) is 10.3 Å². The van der Waals surface area contributed by atoms with Crippen molar-refractivity contribution in [1.29, 1.82) is 0 Å². The van der Waals surface area contributed by atoms with E-state index in [1.807, 2.05) is 30.3 Å². The van der Waals surface area contributed by atoms with E-state index in [-0.39, 0.29) is 0 Å². The van der Waals surface area contributed by atoms with Gasteiger partial charge in [0.1, 0.15) is 0 Å². The summed E-state index contributed by atoms with van der Waals surface area (Å²) in [7, 11) is 0. The Morgan fingerprint density at radius 1 is 1.41 bits per heavy atom. The van der Waals surface area contributed by atoms with E-state index >= 15 is 0 Å². The molecule has 0 radical (unpaired) electrons. The molecule has 0 amide bonds. The highest BCUT2D eigenvalue weighted by atomic mass is 15.0. The topological polar surface area (TPSA) is 50.9 Å². The van der Waals surface area contributed by atoms with E-state index in [1.54, 1.807) is 0 Å². The number of aromatic nitrogens is 1. The molecule has 3 N–H and O–H groups in total. The summed E-state index contributed by atoms with van der Waals surface area (Å²) in [4.78, 5) is 4.62. The molecule has 0 bridgehead atoms. The Morgan fingerprint density at radius 3 is 2.94 bits per heavy atom. The molecule has 1 saturated carbocycles. The maximum Gasteiger partial charge on any atom is 0.0726 e. The zero-order chi connectivity index (χ0) is 11.8. The van der Waals surface area contributed by atoms with Crippen LogP contribution in [0.5, 0.6) is 0 Å². The molecular formula is C14H17N3. The van der Waals surface area contributed by atoms with Crippen molar-refractivity contribution >= 4 is 16.6 Å². The summed E-state index contributed by atoms with van der Waals surface area (Å²) in [6.07, 6.45) is 1.28. The van der Waals surface area contributed by atoms with E-state index in [9.17, 15) is 0 Å². The van der Waals surface area contributed by atoms with Gasteiger partial charge in [0.25, 0.3) is 0 Å². The van der Waals surface area contributed by atoms with Gasteiger partial charge in [-0.1, -0.05) is 25.1 Å². The summed E-state index contributed by atoms with van der Waals surface area (Å²) >= 11 is 0. The van der Waals surface area contributed by atoms with Crippen LogP contribution in [-0.2, 0) is 6.54 Å². The van der Waals surface area contributed by atoms with Crippen LogP contribution < -0.4 is 11.1 Å². The van der Waals surface area contributed by atoms with E-state index in [0.29, 0.717) is 6.04 Å². The highest BCUT2D eigenvalue weighted by Gasteiger charge is 2.31. The predicted octanol–water partition coefficient (Wildman–Crippen LogP) is 2.32. The summed E-state index contributed by atoms with van der Waals surface area (Å²) in [6.45, 7) is 3.07. The standard InChI is InChI=1S/C14H17N3/c1-9-6-14(9)16-8-10-7-12(15)11-4-2-3-5-13(11)17-10/h2-5,7,9,14,16H,6,8H2,1H3,(H2,15,17). The molecule has 88 valence electrons. The summed E-state index contributed by atoms with van der Waals surface area (Å²) in [5.74, 6) is 0.813. The lowest BCUT2D eigenvalue weighted by Gasteiger charge is -2.07. The van der Waals surface area contributed by atoms with Gasteiger partial charge in [0.2, 0.25) is 0 Å². The molecule has 3 rings (SSSR count). The van der Waals surface area contributed by atoms with Gasteiger partial charge < -0.3 is 11.1 Å². The first-order valence-corrected chi connectivity index (χ1v) is 6.11. The first-order valence-electron chi connectivity index (χ1n) is 6.11. The number of rotatable bonds is 3. The van der Waals surface area contributed by atoms with Gasteiger partial charge in [-0.25, -0.2) is 0 Å². The first-order chi connectivity index (χ1) is 8.24. The number of fused-ring (bicyclic) bond motifs is 1. The lowest BCUT2D eigenvalue weighted by atomic mass is 10.1. The van der Waals surface area contributed by atoms with Crippen LogP contribution in [0.2, 0.25) is 0 Å². The molecule has 1 aromatic heterocycles. The molecule has 3 nitrogen and oxygen atoms in total. The zero-order valence-corrected chi connectivity index (χ0v) is 9.98. The lowest BCUT2D eigenvalue weighted by Crippen LogP contribution is -2.18. The van der Waals surface area contributed by atoms with E-state index in [4.69, 9.17) is 5.73 Å². The van der Waals surface area contributed by atoms with Crippen LogP contribution in [-0.4, -0.2) is 11.0 Å². The highest BCUT2D eigenvalue weighted by molar-refractivity contribution is 5.90. The van der Waals surface area contributed by atoms with Crippen LogP contribution >= 0.6 is 0 Å². The van der Waals surface area contributed by atoms with Crippen LogP contribution in [0.3, 0.4) is 0 Å². The van der Waals surface area contributed by atoms with Gasteiger partial charge in [0.05, 0.1) is 11.2 Å². The van der Waals surface area contributed by atoms with Gasteiger partial charge >= 0.3 is 0 Å². The van der Waals surface area contributed by atoms with Crippen molar-refractivity contribution in [2.45, 2.75) is 25.9 Å². The van der Waals surface area contributed by atoms with Gasteiger partial charge in [-0.15, -0.1) is 0 Å². The average molecular weight is 227 g/mol. The molecule has 1 aliphatic rings. The van der Waals surface area contributed by atoms with E-state index in [0.717, 1.165) is 34.7 Å². The van der Waals surface area contributed by atoms with Crippen LogP contribution in [0.25, 0.3) is 10.9 Å². The SMILES string of the molecule is CC1CC1NCc1cc(N)c2ccccc2n1. The number of anilines is 1. The Morgan fingerprint density at radius 2 is 2.18 bits per heavy atom. The highest BCUT2D eigenvalue weighted by Crippen LogP contribution is 2.29. The molecule has 2 atom stereocenters. The fraction of sp³-hybridized carbons (Fsp3) is 0.357. The third-order valence-corrected chi connectivity index (χ3v) is 3.46. The third kappa shape index (κ3) is 2.11. The molecular weight excluding hydrogens is 210 g/mol. The normalized spacial score (nSPS) is 22.9. The molecule has 17 heavy (non-hydrogen) atoms. The number of hydrogen-bond donors (Lipinski definition) is 2. The van der Waals surface area contributed by atoms with Gasteiger partial charge in [-0.05, 0) is 24.5 Å². The minimum absolute atomic E-state index is 0.671. The van der Waals surface area contributed by atoms with Gasteiger partial charge in [0, 0.05) is 23.7 Å². The van der Waals surface area contributed by atoms with E-state index < -0.39 is 0 Å². The molecule has 2 unspecified atom stereocenters. The summed E-state index contributed by atoms with van der Waals surface area (Å²) in [6, 6.07) is 10.7. The molecule has 1 aromatic carbocycles. The second-order valence-electron chi connectivity index (χ2n) is 4.92. The monoisotopic (exact) mass is 227 g/mol. The number of pyridine rings is 1. The summed E-state index contributed by atoms with van der Waals surface area (Å²) < 4.78 is 0. The van der Waals surface area contributed by atoms with E-state index in [1.165, 1.54) is 6.42 Å². The maximum absolute atomic E-state index is 6.04. The number of nitrogens with two attached hydrogens (primary N) is 1. The molecule has 3 heteroatoms. The number of nitrogens with zero attached hydrogens (tertiary/aromatic N) is 1. The zero-order valence-electron chi connectivity index (χ0n) is 9.98. The Hall–Kier alpha value is -1.61. The number of nitrogen functional groups attached to an aromatic ring is 1. The predicted molar refractivity (Wildman–Crippen MR) is 70.6 cm³/mol. The maximum atomic E-state index is 6.04. The smallest absolute Gasteiger partial charge is 0.0726 e. The Bertz CT molecular complexity index is 550. The Labute approximate surface area is 101 Å². The van der Waals surface area contributed by atoms with Crippen molar-refractivity contribution in [3.8, 4) is 0 Å². The largest absolute Gasteiger partial charge is 0.398 e. The molecule has 2 aromatic rings. The summed E-state index contributed by atoms with van der Waals surface area (Å²) in [5.41, 5.74) is 8.86. The quantitative estimate of drug-likeness (QED) is 0.846. The Kier molecular flexibility index (Phi) is 2.48. The molecule has 0 saturated heterocycles. The van der Waals surface area contributed by atoms with E-state index in [2.05, 4.69) is 17.2 Å². The fourth-order valence-electron chi connectivity index (χ4n) is 2.19. The van der Waals surface area contributed by atoms with Crippen molar-refractivity contribution < 1.29 is 0 Å². The van der Waals surface area contributed by atoms with Gasteiger partial charge in [0.15, 0.2) is 0 Å². The van der Waals surface area contributed by atoms with Crippen molar-refractivity contribution in [2.24, 2.45) is 5.92 Å². The number of benzene rings is 1. The van der Waals surface area contributed by atoms with Crippen LogP contribution in [0.1, 0.15) is 19.0 Å². The van der Waals surface area contributed by atoms with Gasteiger partial charge in [-0.2, -0.15) is 0 Å². The third-order valence-electron chi connectivity index (χ3n) is 3.46. The van der Waals surface area contributed by atoms with Gasteiger partial charge in [-0.3, -0.25) is 4.98 Å². The van der Waals surface area contributed by atoms with Crippen molar-refractivity contribution in [3.63, 3.8) is 0 Å². The second-order valence-corrected chi connectivity index (χ2v) is 4.92. The first kappa shape index (κ1) is 10.5. The number of para-hydroxylation sites is 1. The minimum Gasteiger partial charge on any atom is -0.398 e. The number of nitrogens with one attached hydrogen (secondary N) is 1. The van der Waals surface area contributed by atoms with Crippen LogP contribution in [0.4, 0.5) is 5.69 Å². The van der Waals surface area contributed by atoms with Crippen molar-refractivity contribution in [2.75, 3.05) is 5.73 Å². The number of hydrogen-bond acceptors (Lipinski definition) is 3. The average Bonchev–Trinajstić information content (AvgIpc) is 3.03. The second kappa shape index (κ2) is 4.00. The van der Waals surface area contributed by atoms with Crippen LogP contribution in [0, 0.1) is 5.92 Å². The molecule has 0 aliphatic heterocycles. The minimum atomic E-state index is 0.671. The summed E-state index contributed by atoms with van der Waals surface area (Å²) in [5, 5.41) is 4.53. The molecule has 0 spiro atoms. The molecule has 1 fully saturated rings. The van der Waals surface area contributed by atoms with Crippen LogP contribution in [0.15, 0.2) is 30.3 Å². The lowest BCUT2D eigenvalue weighted by molar-refractivity contribution is 0.644. The molecule has 1 heterocycles. The van der Waals surface area contributed by atoms with Crippen molar-refractivity contribution in [3.05, 3.63) is 36.0 Å². The molecule has 1 aliphatic carbocycles. The Balaban J connectivity index is 1.84. The fourth-order valence-corrected chi connectivity index (χ4v) is 2.19.